The number of hydrogen-bond acceptors (Lipinski definition) is 4. The Morgan fingerprint density at radius 3 is 1.65 bits per heavy atom. The number of nitrogens with two attached hydrogens (primary N) is 1. The van der Waals surface area contributed by atoms with Gasteiger partial charge in [-0.2, -0.15) is 0 Å². The second-order valence-corrected chi connectivity index (χ2v) is 6.93. The lowest BCUT2D eigenvalue weighted by Crippen LogP contribution is -2.22. The highest BCUT2D eigenvalue weighted by Crippen LogP contribution is 2.42. The van der Waals surface area contributed by atoms with Crippen LogP contribution in [0.1, 0.15) is 38.7 Å². The molecule has 180 valence electrons. The molecular weight excluding hydrogens is 449 g/mol. The first-order valence-electron chi connectivity index (χ1n) is 9.17. The second kappa shape index (κ2) is 10.5. The van der Waals surface area contributed by atoms with Gasteiger partial charge in [-0.1, -0.05) is 20.3 Å². The van der Waals surface area contributed by atoms with Crippen molar-refractivity contribution in [1.29, 1.82) is 0 Å². The molecule has 4 nitrogen and oxygen atoms in total. The summed E-state index contributed by atoms with van der Waals surface area (Å²) in [5.74, 6) is -3.93. The highest BCUT2D eigenvalue weighted by molar-refractivity contribution is 5.51. The molecule has 0 aliphatic heterocycles. The van der Waals surface area contributed by atoms with Gasteiger partial charge in [0.25, 0.3) is 0 Å². The Bertz CT molecular complexity index is 665. The summed E-state index contributed by atoms with van der Waals surface area (Å²) in [5, 5.41) is 0. The second-order valence-electron chi connectivity index (χ2n) is 6.93. The molecule has 2 N–H and O–H groups in total. The van der Waals surface area contributed by atoms with Crippen LogP contribution < -0.4 is 19.9 Å². The third kappa shape index (κ3) is 10.7. The van der Waals surface area contributed by atoms with E-state index in [-0.39, 0.29) is 36.8 Å². The quantitative estimate of drug-likeness (QED) is 0.406. The maximum Gasteiger partial charge on any atom is 0.573 e. The molecule has 0 bridgehead atoms. The van der Waals surface area contributed by atoms with E-state index < -0.39 is 41.9 Å². The van der Waals surface area contributed by atoms with Gasteiger partial charge in [0.15, 0.2) is 0 Å². The Kier molecular flexibility index (Phi) is 9.15. The minimum Gasteiger partial charge on any atom is -0.406 e. The average molecular weight is 471 g/mol. The van der Waals surface area contributed by atoms with Gasteiger partial charge in [0, 0.05) is 17.7 Å². The molecule has 0 aromatic heterocycles. The number of hydrogen-bond donors (Lipinski definition) is 1. The van der Waals surface area contributed by atoms with E-state index in [2.05, 4.69) is 14.2 Å². The largest absolute Gasteiger partial charge is 0.573 e. The summed E-state index contributed by atoms with van der Waals surface area (Å²) in [6, 6.07) is 0.450. The molecule has 2 unspecified atom stereocenters. The summed E-state index contributed by atoms with van der Waals surface area (Å²) in [6.45, 7) is 3.96. The molecule has 0 saturated heterocycles. The topological polar surface area (TPSA) is 53.7 Å². The lowest BCUT2D eigenvalue weighted by molar-refractivity contribution is -0.278. The van der Waals surface area contributed by atoms with Crippen LogP contribution in [0.3, 0.4) is 0 Å². The standard InChI is InChI=1S/C18H22F9NO3/c1-3-11(6-10(2)9-28)4-5-13-14(30-17(22,23)24)7-12(29-16(19,20)21)8-15(13)31-18(25,26)27/h7-8,10-11H,3-6,9,28H2,1-2H3. The smallest absolute Gasteiger partial charge is 0.406 e. The van der Waals surface area contributed by atoms with Crippen LogP contribution in [0, 0.1) is 11.8 Å². The Balaban J connectivity index is 3.40. The van der Waals surface area contributed by atoms with Crippen molar-refractivity contribution in [2.24, 2.45) is 17.6 Å². The zero-order chi connectivity index (χ0) is 24.0. The van der Waals surface area contributed by atoms with Crippen molar-refractivity contribution in [1.82, 2.24) is 0 Å². The lowest BCUT2D eigenvalue weighted by atomic mass is 9.88. The van der Waals surface area contributed by atoms with Gasteiger partial charge in [-0.25, -0.2) is 0 Å². The molecule has 0 aliphatic carbocycles. The van der Waals surface area contributed by atoms with Crippen molar-refractivity contribution in [3.05, 3.63) is 17.7 Å². The van der Waals surface area contributed by atoms with Crippen LogP contribution in [0.2, 0.25) is 0 Å². The molecule has 0 heterocycles. The Morgan fingerprint density at radius 1 is 0.839 bits per heavy atom. The monoisotopic (exact) mass is 471 g/mol. The third-order valence-corrected chi connectivity index (χ3v) is 4.34. The van der Waals surface area contributed by atoms with Crippen LogP contribution in [0.25, 0.3) is 0 Å². The zero-order valence-corrected chi connectivity index (χ0v) is 16.5. The number of halogens is 9. The number of benzene rings is 1. The van der Waals surface area contributed by atoms with Gasteiger partial charge < -0.3 is 19.9 Å². The molecular formula is C18H22F9NO3. The van der Waals surface area contributed by atoms with Gasteiger partial charge in [0.2, 0.25) is 0 Å². The fourth-order valence-corrected chi connectivity index (χ4v) is 2.97. The lowest BCUT2D eigenvalue weighted by Gasteiger charge is -2.22. The summed E-state index contributed by atoms with van der Waals surface area (Å²) in [4.78, 5) is 0. The molecule has 0 amide bonds. The van der Waals surface area contributed by atoms with Crippen LogP contribution in [0.4, 0.5) is 39.5 Å². The fourth-order valence-electron chi connectivity index (χ4n) is 2.97. The van der Waals surface area contributed by atoms with Crippen molar-refractivity contribution in [3.63, 3.8) is 0 Å². The summed E-state index contributed by atoms with van der Waals surface area (Å²) in [5.41, 5.74) is 4.86. The van der Waals surface area contributed by atoms with Crippen LogP contribution in [0.5, 0.6) is 17.2 Å². The first-order chi connectivity index (χ1) is 14.0. The Morgan fingerprint density at radius 2 is 1.29 bits per heavy atom. The van der Waals surface area contributed by atoms with E-state index in [9.17, 15) is 39.5 Å². The predicted molar refractivity (Wildman–Crippen MR) is 91.4 cm³/mol. The van der Waals surface area contributed by atoms with Crippen molar-refractivity contribution in [2.75, 3.05) is 6.54 Å². The minimum atomic E-state index is -5.38. The van der Waals surface area contributed by atoms with E-state index in [1.165, 1.54) is 0 Å². The molecule has 2 atom stereocenters. The number of ether oxygens (including phenoxy) is 3. The van der Waals surface area contributed by atoms with Gasteiger partial charge >= 0.3 is 19.1 Å². The molecule has 0 fully saturated rings. The first kappa shape index (κ1) is 27.0. The zero-order valence-electron chi connectivity index (χ0n) is 16.5. The maximum atomic E-state index is 12.8. The first-order valence-corrected chi connectivity index (χ1v) is 9.17. The van der Waals surface area contributed by atoms with Gasteiger partial charge in [0.1, 0.15) is 17.2 Å². The SMILES string of the molecule is CCC(CCc1c(OC(F)(F)F)cc(OC(F)(F)F)cc1OC(F)(F)F)CC(C)CN. The van der Waals surface area contributed by atoms with Gasteiger partial charge in [-0.3, -0.25) is 0 Å². The van der Waals surface area contributed by atoms with Crippen molar-refractivity contribution >= 4 is 0 Å². The van der Waals surface area contributed by atoms with E-state index in [4.69, 9.17) is 5.73 Å². The number of alkyl halides is 9. The molecule has 1 aromatic carbocycles. The third-order valence-electron chi connectivity index (χ3n) is 4.34. The molecule has 0 aliphatic rings. The van der Waals surface area contributed by atoms with Gasteiger partial charge in [-0.05, 0) is 37.6 Å². The summed E-state index contributed by atoms with van der Waals surface area (Å²) < 4.78 is 125. The van der Waals surface area contributed by atoms with Crippen molar-refractivity contribution in [3.8, 4) is 17.2 Å². The molecule has 0 spiro atoms. The number of rotatable bonds is 10. The van der Waals surface area contributed by atoms with Gasteiger partial charge in [-0.15, -0.1) is 39.5 Å². The molecule has 13 heteroatoms. The van der Waals surface area contributed by atoms with E-state index >= 15 is 0 Å². The van der Waals surface area contributed by atoms with Crippen LogP contribution in [-0.4, -0.2) is 25.6 Å². The fraction of sp³-hybridized carbons (Fsp3) is 0.667. The summed E-state index contributed by atoms with van der Waals surface area (Å²) in [7, 11) is 0. The van der Waals surface area contributed by atoms with E-state index in [1.54, 1.807) is 6.92 Å². The summed E-state index contributed by atoms with van der Waals surface area (Å²) in [6.07, 6.45) is -15.2. The predicted octanol–water partition coefficient (Wildman–Crippen LogP) is 6.33. The molecule has 31 heavy (non-hydrogen) atoms. The molecule has 0 saturated carbocycles. The minimum absolute atomic E-state index is 0.0595. The van der Waals surface area contributed by atoms with Crippen LogP contribution in [-0.2, 0) is 6.42 Å². The molecule has 1 rings (SSSR count). The van der Waals surface area contributed by atoms with Crippen molar-refractivity contribution in [2.45, 2.75) is 58.6 Å². The molecule has 1 aromatic rings. The highest BCUT2D eigenvalue weighted by atomic mass is 19.4. The normalized spacial score (nSPS) is 14.8. The van der Waals surface area contributed by atoms with Crippen LogP contribution >= 0.6 is 0 Å². The maximum absolute atomic E-state index is 12.8. The summed E-state index contributed by atoms with van der Waals surface area (Å²) >= 11 is 0. The van der Waals surface area contributed by atoms with Crippen LogP contribution in [0.15, 0.2) is 12.1 Å². The van der Waals surface area contributed by atoms with Gasteiger partial charge in [0.05, 0.1) is 0 Å². The Labute approximate surface area is 172 Å². The Hall–Kier alpha value is -2.05. The highest BCUT2D eigenvalue weighted by Gasteiger charge is 2.38. The van der Waals surface area contributed by atoms with E-state index in [0.29, 0.717) is 19.4 Å². The van der Waals surface area contributed by atoms with E-state index in [1.807, 2.05) is 6.92 Å². The average Bonchev–Trinajstić information content (AvgIpc) is 2.55. The van der Waals surface area contributed by atoms with E-state index in [0.717, 1.165) is 0 Å². The van der Waals surface area contributed by atoms with Crippen molar-refractivity contribution < 1.29 is 53.7 Å². The molecule has 0 radical (unpaired) electrons.